The van der Waals surface area contributed by atoms with Gasteiger partial charge in [-0.1, -0.05) is 0 Å². The van der Waals surface area contributed by atoms with E-state index in [0.29, 0.717) is 0 Å². The summed E-state index contributed by atoms with van der Waals surface area (Å²) < 4.78 is 24.9. The number of carboxylic acids is 1. The third-order valence-electron chi connectivity index (χ3n) is 2.42. The average molecular weight is 221 g/mol. The van der Waals surface area contributed by atoms with Gasteiger partial charge in [0, 0.05) is 19.8 Å². The lowest BCUT2D eigenvalue weighted by Gasteiger charge is -2.36. The number of halogens is 2. The monoisotopic (exact) mass is 221 g/mol. The largest absolute Gasteiger partial charge is 0.480 e. The Balaban J connectivity index is 2.40. The highest BCUT2D eigenvalue weighted by molar-refractivity contribution is 5.82. The van der Waals surface area contributed by atoms with E-state index in [9.17, 15) is 18.4 Å². The number of alkyl halides is 2. The lowest BCUT2D eigenvalue weighted by atomic mass is 9.77. The molecule has 0 aliphatic heterocycles. The fourth-order valence-corrected chi connectivity index (χ4v) is 1.75. The van der Waals surface area contributed by atoms with Gasteiger partial charge < -0.3 is 10.4 Å². The summed E-state index contributed by atoms with van der Waals surface area (Å²) >= 11 is 0. The summed E-state index contributed by atoms with van der Waals surface area (Å²) in [6.45, 7) is 1.20. The van der Waals surface area contributed by atoms with Crippen molar-refractivity contribution in [3.05, 3.63) is 0 Å². The van der Waals surface area contributed by atoms with Crippen LogP contribution < -0.4 is 5.32 Å². The Labute approximate surface area is 85.7 Å². The molecule has 6 heteroatoms. The summed E-state index contributed by atoms with van der Waals surface area (Å²) in [5, 5.41) is 10.9. The van der Waals surface area contributed by atoms with Gasteiger partial charge in [0.05, 0.1) is 0 Å². The van der Waals surface area contributed by atoms with Crippen LogP contribution in [-0.2, 0) is 9.59 Å². The minimum Gasteiger partial charge on any atom is -0.480 e. The molecule has 0 bridgehead atoms. The highest BCUT2D eigenvalue weighted by Gasteiger charge is 2.46. The van der Waals surface area contributed by atoms with Crippen molar-refractivity contribution in [1.29, 1.82) is 0 Å². The first kappa shape index (κ1) is 11.9. The van der Waals surface area contributed by atoms with Gasteiger partial charge in [-0.3, -0.25) is 4.79 Å². The van der Waals surface area contributed by atoms with Gasteiger partial charge in [-0.25, -0.2) is 13.6 Å². The summed E-state index contributed by atoms with van der Waals surface area (Å²) in [6.07, 6.45) is -0.489. The maximum atomic E-state index is 12.5. The van der Waals surface area contributed by atoms with E-state index >= 15 is 0 Å². The molecule has 1 amide bonds. The van der Waals surface area contributed by atoms with E-state index in [1.807, 2.05) is 0 Å². The zero-order valence-electron chi connectivity index (χ0n) is 8.30. The predicted molar refractivity (Wildman–Crippen MR) is 47.5 cm³/mol. The normalized spacial score (nSPS) is 21.5. The molecule has 0 spiro atoms. The van der Waals surface area contributed by atoms with Crippen LogP contribution in [0.2, 0.25) is 0 Å². The Morgan fingerprint density at radius 2 is 2.07 bits per heavy atom. The van der Waals surface area contributed by atoms with Crippen LogP contribution >= 0.6 is 0 Å². The molecule has 86 valence electrons. The van der Waals surface area contributed by atoms with Gasteiger partial charge in [0.25, 0.3) is 0 Å². The Morgan fingerprint density at radius 1 is 1.53 bits per heavy atom. The summed E-state index contributed by atoms with van der Waals surface area (Å²) in [4.78, 5) is 21.3. The van der Waals surface area contributed by atoms with Crippen molar-refractivity contribution in [1.82, 2.24) is 5.32 Å². The van der Waals surface area contributed by atoms with E-state index in [2.05, 4.69) is 5.32 Å². The van der Waals surface area contributed by atoms with Crippen molar-refractivity contribution >= 4 is 11.9 Å². The standard InChI is InChI=1S/C9H13F2NO3/c1-5(13)12-7(8(14)15)2-6-3-9(10,11)4-6/h6-7H,2-4H2,1H3,(H,12,13)(H,14,15). The van der Waals surface area contributed by atoms with Crippen LogP contribution in [0.5, 0.6) is 0 Å². The smallest absolute Gasteiger partial charge is 0.326 e. The number of carboxylic acid groups (broad SMARTS) is 1. The Bertz CT molecular complexity index is 273. The van der Waals surface area contributed by atoms with Gasteiger partial charge in [0.1, 0.15) is 6.04 Å². The highest BCUT2D eigenvalue weighted by atomic mass is 19.3. The first-order valence-electron chi connectivity index (χ1n) is 4.68. The van der Waals surface area contributed by atoms with Crippen molar-refractivity contribution in [2.75, 3.05) is 0 Å². The summed E-state index contributed by atoms with van der Waals surface area (Å²) in [7, 11) is 0. The van der Waals surface area contributed by atoms with Crippen LogP contribution in [-0.4, -0.2) is 28.9 Å². The first-order chi connectivity index (χ1) is 6.80. The van der Waals surface area contributed by atoms with E-state index in [-0.39, 0.29) is 25.2 Å². The predicted octanol–water partition coefficient (Wildman–Crippen LogP) is 1.01. The number of hydrogen-bond acceptors (Lipinski definition) is 2. The van der Waals surface area contributed by atoms with E-state index in [1.54, 1.807) is 0 Å². The SMILES string of the molecule is CC(=O)NC(CC1CC(F)(F)C1)C(=O)O. The van der Waals surface area contributed by atoms with Crippen molar-refractivity contribution in [3.8, 4) is 0 Å². The van der Waals surface area contributed by atoms with Crippen LogP contribution in [0.3, 0.4) is 0 Å². The number of carbonyl (C=O) groups excluding carboxylic acids is 1. The lowest BCUT2D eigenvalue weighted by molar-refractivity contribution is -0.146. The quantitative estimate of drug-likeness (QED) is 0.744. The maximum Gasteiger partial charge on any atom is 0.326 e. The van der Waals surface area contributed by atoms with Crippen molar-refractivity contribution in [2.45, 2.75) is 38.2 Å². The molecule has 1 atom stereocenters. The molecule has 0 aromatic heterocycles. The fraction of sp³-hybridized carbons (Fsp3) is 0.778. The molecule has 1 unspecified atom stereocenters. The minimum absolute atomic E-state index is 0.0739. The van der Waals surface area contributed by atoms with Gasteiger partial charge in [-0.2, -0.15) is 0 Å². The minimum atomic E-state index is -2.65. The van der Waals surface area contributed by atoms with Gasteiger partial charge in [0.15, 0.2) is 0 Å². The third-order valence-corrected chi connectivity index (χ3v) is 2.42. The molecule has 1 rings (SSSR count). The number of aliphatic carboxylic acids is 1. The van der Waals surface area contributed by atoms with Crippen LogP contribution in [0.15, 0.2) is 0 Å². The maximum absolute atomic E-state index is 12.5. The second kappa shape index (κ2) is 4.12. The summed E-state index contributed by atoms with van der Waals surface area (Å²) in [5.41, 5.74) is 0. The molecule has 2 N–H and O–H groups in total. The van der Waals surface area contributed by atoms with Gasteiger partial charge in [0.2, 0.25) is 11.8 Å². The summed E-state index contributed by atoms with van der Waals surface area (Å²) in [5.74, 6) is -4.61. The number of rotatable bonds is 4. The van der Waals surface area contributed by atoms with Gasteiger partial charge >= 0.3 is 5.97 Å². The summed E-state index contributed by atoms with van der Waals surface area (Å²) in [6, 6.07) is -1.05. The van der Waals surface area contributed by atoms with Crippen LogP contribution in [0.1, 0.15) is 26.2 Å². The van der Waals surface area contributed by atoms with Crippen molar-refractivity contribution < 1.29 is 23.5 Å². The average Bonchev–Trinajstić information content (AvgIpc) is 1.98. The number of hydrogen-bond donors (Lipinski definition) is 2. The van der Waals surface area contributed by atoms with Gasteiger partial charge in [-0.05, 0) is 12.3 Å². The molecule has 1 fully saturated rings. The second-order valence-electron chi connectivity index (χ2n) is 3.96. The molecule has 0 aromatic carbocycles. The zero-order valence-corrected chi connectivity index (χ0v) is 8.30. The van der Waals surface area contributed by atoms with Crippen LogP contribution in [0.4, 0.5) is 8.78 Å². The first-order valence-corrected chi connectivity index (χ1v) is 4.68. The Morgan fingerprint density at radius 3 is 2.40 bits per heavy atom. The molecule has 4 nitrogen and oxygen atoms in total. The molecular formula is C9H13F2NO3. The molecule has 1 aliphatic rings. The molecular weight excluding hydrogens is 208 g/mol. The van der Waals surface area contributed by atoms with Crippen LogP contribution in [0.25, 0.3) is 0 Å². The Kier molecular flexibility index (Phi) is 3.26. The molecule has 0 radical (unpaired) electrons. The fourth-order valence-electron chi connectivity index (χ4n) is 1.75. The van der Waals surface area contributed by atoms with E-state index in [1.165, 1.54) is 6.92 Å². The molecule has 0 heterocycles. The van der Waals surface area contributed by atoms with E-state index in [0.717, 1.165) is 0 Å². The third kappa shape index (κ3) is 3.45. The van der Waals surface area contributed by atoms with Crippen molar-refractivity contribution in [2.24, 2.45) is 5.92 Å². The van der Waals surface area contributed by atoms with Gasteiger partial charge in [-0.15, -0.1) is 0 Å². The molecule has 1 saturated carbocycles. The number of carbonyl (C=O) groups is 2. The molecule has 1 aliphatic carbocycles. The zero-order chi connectivity index (χ0) is 11.6. The lowest BCUT2D eigenvalue weighted by Crippen LogP contribution is -2.45. The Hall–Kier alpha value is -1.20. The van der Waals surface area contributed by atoms with E-state index in [4.69, 9.17) is 5.11 Å². The second-order valence-corrected chi connectivity index (χ2v) is 3.96. The van der Waals surface area contributed by atoms with Crippen LogP contribution in [0, 0.1) is 5.92 Å². The highest BCUT2D eigenvalue weighted by Crippen LogP contribution is 2.44. The van der Waals surface area contributed by atoms with E-state index < -0.39 is 23.8 Å². The van der Waals surface area contributed by atoms with Crippen molar-refractivity contribution in [3.63, 3.8) is 0 Å². The molecule has 0 saturated heterocycles. The molecule has 15 heavy (non-hydrogen) atoms. The number of nitrogens with one attached hydrogen (secondary N) is 1. The number of amides is 1. The topological polar surface area (TPSA) is 66.4 Å². The molecule has 0 aromatic rings.